The maximum Gasteiger partial charge on any atom is 0.106 e. The van der Waals surface area contributed by atoms with Gasteiger partial charge in [-0.1, -0.05) is 36.1 Å². The average Bonchev–Trinajstić information content (AvgIpc) is 2.53. The Kier molecular flexibility index (Phi) is 5.00. The molecular formula is C12H17NOS2. The molecular weight excluding hydrogens is 238 g/mol. The molecule has 4 heteroatoms. The third kappa shape index (κ3) is 3.68. The molecule has 0 saturated heterocycles. The quantitative estimate of drug-likeness (QED) is 0.662. The monoisotopic (exact) mass is 255 g/mol. The Labute approximate surface area is 105 Å². The van der Waals surface area contributed by atoms with Crippen molar-refractivity contribution in [3.05, 3.63) is 24.4 Å². The second kappa shape index (κ2) is 6.52. The van der Waals surface area contributed by atoms with E-state index in [0.717, 1.165) is 17.9 Å². The van der Waals surface area contributed by atoms with Crippen LogP contribution < -0.4 is 0 Å². The van der Waals surface area contributed by atoms with Gasteiger partial charge in [-0.05, 0) is 35.8 Å². The lowest BCUT2D eigenvalue weighted by Crippen LogP contribution is -2.20. The van der Waals surface area contributed by atoms with Crippen LogP contribution in [0.4, 0.5) is 0 Å². The molecule has 0 aromatic carbocycles. The molecule has 0 unspecified atom stereocenters. The van der Waals surface area contributed by atoms with E-state index >= 15 is 0 Å². The first-order chi connectivity index (χ1) is 7.86. The highest BCUT2D eigenvalue weighted by Gasteiger charge is 2.22. The minimum atomic E-state index is -0.135. The maximum absolute atomic E-state index is 9.97. The fraction of sp³-hybridized carbons (Fsp3) is 0.583. The summed E-state index contributed by atoms with van der Waals surface area (Å²) >= 11 is 0. The molecule has 2 rings (SSSR count). The summed E-state index contributed by atoms with van der Waals surface area (Å²) in [7, 11) is 3.46. The van der Waals surface area contributed by atoms with Crippen LogP contribution in [0.25, 0.3) is 0 Å². The van der Waals surface area contributed by atoms with E-state index in [9.17, 15) is 5.11 Å². The van der Waals surface area contributed by atoms with Crippen molar-refractivity contribution in [1.82, 2.24) is 4.98 Å². The number of rotatable bonds is 3. The van der Waals surface area contributed by atoms with Crippen LogP contribution in [-0.2, 0) is 0 Å². The SMILES string of the molecule is O[C@@H]1CCCCC[C@H]1SSc1ccccn1. The molecule has 2 nitrogen and oxygen atoms in total. The lowest BCUT2D eigenvalue weighted by atomic mass is 10.1. The molecule has 1 heterocycles. The van der Waals surface area contributed by atoms with Crippen LogP contribution in [0.1, 0.15) is 32.1 Å². The lowest BCUT2D eigenvalue weighted by molar-refractivity contribution is 0.163. The highest BCUT2D eigenvalue weighted by molar-refractivity contribution is 8.76. The predicted molar refractivity (Wildman–Crippen MR) is 70.6 cm³/mol. The van der Waals surface area contributed by atoms with Crippen molar-refractivity contribution in [2.45, 2.75) is 48.5 Å². The average molecular weight is 255 g/mol. The zero-order chi connectivity index (χ0) is 11.2. The zero-order valence-corrected chi connectivity index (χ0v) is 10.8. The first-order valence-electron chi connectivity index (χ1n) is 5.79. The second-order valence-electron chi connectivity index (χ2n) is 4.09. The standard InChI is InChI=1S/C12H17NOS2/c14-10-6-2-1-3-7-11(10)15-16-12-8-4-5-9-13-12/h4-5,8-11,14H,1-3,6-7H2/t10-,11-/m1/s1. The second-order valence-corrected chi connectivity index (χ2v) is 6.55. The fourth-order valence-corrected chi connectivity index (χ4v) is 4.50. The molecule has 1 N–H and O–H groups in total. The summed E-state index contributed by atoms with van der Waals surface area (Å²) in [6.45, 7) is 0. The van der Waals surface area contributed by atoms with Gasteiger partial charge in [0.25, 0.3) is 0 Å². The Bertz CT molecular complexity index is 307. The van der Waals surface area contributed by atoms with Crippen LogP contribution in [0.5, 0.6) is 0 Å². The molecule has 16 heavy (non-hydrogen) atoms. The molecule has 0 amide bonds. The van der Waals surface area contributed by atoms with Gasteiger partial charge in [0.05, 0.1) is 6.10 Å². The predicted octanol–water partition coefficient (Wildman–Crippen LogP) is 3.52. The molecule has 1 aromatic rings. The highest BCUT2D eigenvalue weighted by atomic mass is 33.1. The molecule has 1 saturated carbocycles. The van der Waals surface area contributed by atoms with Crippen LogP contribution in [0, 0.1) is 0 Å². The van der Waals surface area contributed by atoms with Crippen LogP contribution in [0.2, 0.25) is 0 Å². The van der Waals surface area contributed by atoms with E-state index in [2.05, 4.69) is 4.98 Å². The van der Waals surface area contributed by atoms with Crippen molar-refractivity contribution in [2.24, 2.45) is 0 Å². The largest absolute Gasteiger partial charge is 0.392 e. The van der Waals surface area contributed by atoms with Gasteiger partial charge < -0.3 is 5.11 Å². The van der Waals surface area contributed by atoms with Gasteiger partial charge in [0.1, 0.15) is 5.03 Å². The van der Waals surface area contributed by atoms with Gasteiger partial charge in [-0.25, -0.2) is 4.98 Å². The van der Waals surface area contributed by atoms with E-state index in [1.807, 2.05) is 24.4 Å². The Morgan fingerprint density at radius 3 is 2.88 bits per heavy atom. The Morgan fingerprint density at radius 2 is 2.06 bits per heavy atom. The molecule has 2 atom stereocenters. The number of aromatic nitrogens is 1. The minimum absolute atomic E-state index is 0.135. The van der Waals surface area contributed by atoms with Gasteiger partial charge in [-0.3, -0.25) is 0 Å². The summed E-state index contributed by atoms with van der Waals surface area (Å²) in [5.41, 5.74) is 0. The summed E-state index contributed by atoms with van der Waals surface area (Å²) in [5, 5.41) is 11.4. The third-order valence-corrected chi connectivity index (χ3v) is 5.66. The van der Waals surface area contributed by atoms with Crippen molar-refractivity contribution < 1.29 is 5.11 Å². The normalized spacial score (nSPS) is 26.3. The molecule has 0 radical (unpaired) electrons. The number of pyridine rings is 1. The number of hydrogen-bond acceptors (Lipinski definition) is 4. The molecule has 1 aromatic heterocycles. The topological polar surface area (TPSA) is 33.1 Å². The van der Waals surface area contributed by atoms with Crippen LogP contribution in [0.3, 0.4) is 0 Å². The van der Waals surface area contributed by atoms with Gasteiger partial charge in [0.2, 0.25) is 0 Å². The van der Waals surface area contributed by atoms with Crippen molar-refractivity contribution in [3.63, 3.8) is 0 Å². The summed E-state index contributed by atoms with van der Waals surface area (Å²) < 4.78 is 0. The number of hydrogen-bond donors (Lipinski definition) is 1. The molecule has 1 fully saturated rings. The van der Waals surface area contributed by atoms with Crippen molar-refractivity contribution in [2.75, 3.05) is 0 Å². The van der Waals surface area contributed by atoms with Gasteiger partial charge in [0, 0.05) is 11.4 Å². The summed E-state index contributed by atoms with van der Waals surface area (Å²) in [5.74, 6) is 0. The first-order valence-corrected chi connectivity index (χ1v) is 8.00. The number of aliphatic hydroxyl groups excluding tert-OH is 1. The molecule has 0 aliphatic heterocycles. The van der Waals surface area contributed by atoms with Crippen LogP contribution in [-0.4, -0.2) is 21.4 Å². The Morgan fingerprint density at radius 1 is 1.19 bits per heavy atom. The van der Waals surface area contributed by atoms with E-state index in [1.54, 1.807) is 21.6 Å². The van der Waals surface area contributed by atoms with Gasteiger partial charge in [-0.2, -0.15) is 0 Å². The number of aliphatic hydroxyl groups is 1. The fourth-order valence-electron chi connectivity index (χ4n) is 1.87. The summed E-state index contributed by atoms with van der Waals surface area (Å²) in [4.78, 5) is 4.27. The molecule has 88 valence electrons. The van der Waals surface area contributed by atoms with E-state index in [-0.39, 0.29) is 6.10 Å². The van der Waals surface area contributed by atoms with Crippen molar-refractivity contribution >= 4 is 21.6 Å². The molecule has 0 spiro atoms. The van der Waals surface area contributed by atoms with Gasteiger partial charge in [0.15, 0.2) is 0 Å². The smallest absolute Gasteiger partial charge is 0.106 e. The maximum atomic E-state index is 9.97. The zero-order valence-electron chi connectivity index (χ0n) is 9.21. The Balaban J connectivity index is 1.84. The number of nitrogens with zero attached hydrogens (tertiary/aromatic N) is 1. The molecule has 1 aliphatic rings. The first kappa shape index (κ1) is 12.3. The van der Waals surface area contributed by atoms with E-state index < -0.39 is 0 Å². The van der Waals surface area contributed by atoms with Crippen molar-refractivity contribution in [3.8, 4) is 0 Å². The van der Waals surface area contributed by atoms with E-state index in [0.29, 0.717) is 5.25 Å². The summed E-state index contributed by atoms with van der Waals surface area (Å²) in [6.07, 6.45) is 7.45. The third-order valence-electron chi connectivity index (χ3n) is 2.81. The van der Waals surface area contributed by atoms with E-state index in [1.165, 1.54) is 19.3 Å². The molecule has 1 aliphatic carbocycles. The highest BCUT2D eigenvalue weighted by Crippen LogP contribution is 2.38. The Hall–Kier alpha value is -0.190. The van der Waals surface area contributed by atoms with Gasteiger partial charge in [-0.15, -0.1) is 0 Å². The molecule has 0 bridgehead atoms. The lowest BCUT2D eigenvalue weighted by Gasteiger charge is -2.18. The van der Waals surface area contributed by atoms with Gasteiger partial charge >= 0.3 is 0 Å². The van der Waals surface area contributed by atoms with Crippen LogP contribution in [0.15, 0.2) is 29.4 Å². The van der Waals surface area contributed by atoms with E-state index in [4.69, 9.17) is 0 Å². The minimum Gasteiger partial charge on any atom is -0.392 e. The summed E-state index contributed by atoms with van der Waals surface area (Å²) in [6, 6.07) is 5.94. The van der Waals surface area contributed by atoms with Crippen LogP contribution >= 0.6 is 21.6 Å². The van der Waals surface area contributed by atoms with Crippen molar-refractivity contribution in [1.29, 1.82) is 0 Å².